The van der Waals surface area contributed by atoms with E-state index in [0.29, 0.717) is 23.6 Å². The molecule has 1 saturated carbocycles. The van der Waals surface area contributed by atoms with E-state index in [1.54, 1.807) is 38.1 Å². The lowest BCUT2D eigenvalue weighted by Crippen LogP contribution is -2.61. The van der Waals surface area contributed by atoms with Crippen molar-refractivity contribution in [3.8, 4) is 17.2 Å². The smallest absolute Gasteiger partial charge is 0.331 e. The minimum Gasteiger partial charge on any atom is -0.504 e. The van der Waals surface area contributed by atoms with Gasteiger partial charge in [0.15, 0.2) is 17.3 Å². The number of anilines is 1. The lowest BCUT2D eigenvalue weighted by atomic mass is 9.78. The molecule has 0 bridgehead atoms. The molecule has 5 atom stereocenters. The highest BCUT2D eigenvalue weighted by Gasteiger charge is 2.57. The van der Waals surface area contributed by atoms with Crippen LogP contribution in [0.4, 0.5) is 5.69 Å². The summed E-state index contributed by atoms with van der Waals surface area (Å²) in [6, 6.07) is 9.80. The maximum absolute atomic E-state index is 13.9. The Bertz CT molecular complexity index is 1570. The summed E-state index contributed by atoms with van der Waals surface area (Å²) in [5.74, 6) is -3.28. The number of carbonyl (C=O) groups excluding carboxylic acids is 3. The van der Waals surface area contributed by atoms with Crippen molar-refractivity contribution in [2.24, 2.45) is 0 Å². The molecule has 0 radical (unpaired) electrons. The SMILES string of the molecule is CCCCCCCCOc1ccc(NC(=O)C(COC(C)(C)C)NC(=O)[C@@]2(O)C[C@@H](OC(=O)/C=C/c3ccc(O)c(O)c3)C3OC(C)(C)O[C@@H]3C2)cc1. The van der Waals surface area contributed by atoms with E-state index in [9.17, 15) is 29.7 Å². The molecule has 13 nitrogen and oxygen atoms in total. The van der Waals surface area contributed by atoms with E-state index in [1.807, 2.05) is 20.8 Å². The summed E-state index contributed by atoms with van der Waals surface area (Å²) in [5, 5.41) is 36.6. The Morgan fingerprint density at radius 1 is 0.962 bits per heavy atom. The molecule has 1 saturated heterocycles. The average molecular weight is 741 g/mol. The van der Waals surface area contributed by atoms with Crippen molar-refractivity contribution in [1.29, 1.82) is 0 Å². The Labute approximate surface area is 312 Å². The van der Waals surface area contributed by atoms with Gasteiger partial charge in [0.1, 0.15) is 29.6 Å². The number of phenols is 2. The zero-order valence-corrected chi connectivity index (χ0v) is 31.7. The number of amides is 2. The molecule has 2 fully saturated rings. The predicted molar refractivity (Wildman–Crippen MR) is 198 cm³/mol. The third-order valence-corrected chi connectivity index (χ3v) is 8.96. The van der Waals surface area contributed by atoms with Gasteiger partial charge in [-0.05, 0) is 89.1 Å². The highest BCUT2D eigenvalue weighted by molar-refractivity contribution is 5.98. The molecule has 2 unspecified atom stereocenters. The normalized spacial score (nSPS) is 22.9. The third kappa shape index (κ3) is 12.7. The van der Waals surface area contributed by atoms with Crippen LogP contribution >= 0.6 is 0 Å². The Kier molecular flexibility index (Phi) is 14.3. The molecule has 2 amide bonds. The first-order valence-electron chi connectivity index (χ1n) is 18.4. The van der Waals surface area contributed by atoms with Crippen molar-refractivity contribution in [2.45, 2.75) is 134 Å². The second kappa shape index (κ2) is 18.2. The number of benzene rings is 2. The third-order valence-electron chi connectivity index (χ3n) is 8.96. The highest BCUT2D eigenvalue weighted by atomic mass is 16.8. The summed E-state index contributed by atoms with van der Waals surface area (Å²) in [4.78, 5) is 40.4. The fraction of sp³-hybridized carbons (Fsp3) is 0.575. The highest BCUT2D eigenvalue weighted by Crippen LogP contribution is 2.42. The van der Waals surface area contributed by atoms with E-state index in [1.165, 1.54) is 50.0 Å². The van der Waals surface area contributed by atoms with E-state index in [2.05, 4.69) is 17.6 Å². The fourth-order valence-corrected chi connectivity index (χ4v) is 6.24. The number of carbonyl (C=O) groups is 3. The molecule has 2 aromatic rings. The second-order valence-electron chi connectivity index (χ2n) is 15.2. The van der Waals surface area contributed by atoms with Gasteiger partial charge in [-0.2, -0.15) is 0 Å². The molecule has 1 heterocycles. The lowest BCUT2D eigenvalue weighted by molar-refractivity contribution is -0.177. The maximum atomic E-state index is 13.9. The van der Waals surface area contributed by atoms with Crippen LogP contribution < -0.4 is 15.4 Å². The van der Waals surface area contributed by atoms with Gasteiger partial charge >= 0.3 is 5.97 Å². The van der Waals surface area contributed by atoms with E-state index < -0.39 is 59.1 Å². The number of phenolic OH excluding ortho intramolecular Hbond substituents is 2. The first-order chi connectivity index (χ1) is 25.0. The number of aliphatic hydroxyl groups is 1. The standard InChI is InChI=1S/C40H56N2O11/c1-7-8-9-10-11-12-21-49-28-17-15-27(16-18-28)41-36(46)29(25-50-38(2,3)4)42-37(47)40(48)23-32(35-33(24-40)52-39(5,6)53-35)51-34(45)20-14-26-13-19-30(43)31(44)22-26/h13-20,22,29,32-33,35,43-44,48H,7-12,21,23-25H2,1-6H3,(H,41,46)(H,42,47)/b20-14+/t29?,32-,33-,35?,40-/m1/s1. The minimum atomic E-state index is -2.11. The Hall–Kier alpha value is -4.17. The van der Waals surface area contributed by atoms with E-state index in [-0.39, 0.29) is 30.9 Å². The number of hydrogen-bond acceptors (Lipinski definition) is 11. The molecule has 1 aliphatic heterocycles. The molecule has 5 N–H and O–H groups in total. The monoisotopic (exact) mass is 740 g/mol. The average Bonchev–Trinajstić information content (AvgIpc) is 3.40. The molecule has 0 spiro atoms. The van der Waals surface area contributed by atoms with Crippen LogP contribution in [0.1, 0.15) is 98.5 Å². The Balaban J connectivity index is 1.42. The van der Waals surface area contributed by atoms with Gasteiger partial charge in [-0.3, -0.25) is 9.59 Å². The van der Waals surface area contributed by atoms with E-state index >= 15 is 0 Å². The van der Waals surface area contributed by atoms with Gasteiger partial charge in [0.25, 0.3) is 5.91 Å². The fourth-order valence-electron chi connectivity index (χ4n) is 6.24. The minimum absolute atomic E-state index is 0.182. The van der Waals surface area contributed by atoms with Crippen LogP contribution in [0, 0.1) is 0 Å². The van der Waals surface area contributed by atoms with Crippen molar-refractivity contribution >= 4 is 29.5 Å². The van der Waals surface area contributed by atoms with Crippen molar-refractivity contribution < 1.29 is 53.4 Å². The van der Waals surface area contributed by atoms with Crippen LogP contribution in [0.3, 0.4) is 0 Å². The van der Waals surface area contributed by atoms with E-state index in [0.717, 1.165) is 18.9 Å². The first-order valence-corrected chi connectivity index (χ1v) is 18.4. The second-order valence-corrected chi connectivity index (χ2v) is 15.2. The molecule has 4 rings (SSSR count). The van der Waals surface area contributed by atoms with Crippen molar-refractivity contribution in [1.82, 2.24) is 5.32 Å². The van der Waals surface area contributed by atoms with Crippen LogP contribution in [0.2, 0.25) is 0 Å². The Morgan fingerprint density at radius 2 is 1.66 bits per heavy atom. The molecular formula is C40H56N2O11. The van der Waals surface area contributed by atoms with Crippen LogP contribution in [-0.2, 0) is 33.3 Å². The van der Waals surface area contributed by atoms with Crippen molar-refractivity contribution in [3.63, 3.8) is 0 Å². The predicted octanol–water partition coefficient (Wildman–Crippen LogP) is 5.75. The zero-order valence-electron chi connectivity index (χ0n) is 31.7. The summed E-state index contributed by atoms with van der Waals surface area (Å²) < 4.78 is 29.5. The van der Waals surface area contributed by atoms with Crippen molar-refractivity contribution in [3.05, 3.63) is 54.1 Å². The number of fused-ring (bicyclic) bond motifs is 1. The molecule has 1 aliphatic carbocycles. The van der Waals surface area contributed by atoms with Gasteiger partial charge < -0.3 is 49.6 Å². The summed E-state index contributed by atoms with van der Waals surface area (Å²) in [6.45, 7) is 11.4. The van der Waals surface area contributed by atoms with E-state index in [4.69, 9.17) is 23.7 Å². The molecule has 0 aromatic heterocycles. The number of rotatable bonds is 17. The van der Waals surface area contributed by atoms with Crippen LogP contribution in [0.25, 0.3) is 6.08 Å². The molecule has 292 valence electrons. The largest absolute Gasteiger partial charge is 0.504 e. The molecule has 53 heavy (non-hydrogen) atoms. The topological polar surface area (TPSA) is 182 Å². The maximum Gasteiger partial charge on any atom is 0.331 e. The summed E-state index contributed by atoms with van der Waals surface area (Å²) in [6.07, 6.45) is 6.25. The van der Waals surface area contributed by atoms with Gasteiger partial charge in [0, 0.05) is 24.6 Å². The summed E-state index contributed by atoms with van der Waals surface area (Å²) in [7, 11) is 0. The number of hydrogen-bond donors (Lipinski definition) is 5. The van der Waals surface area contributed by atoms with Crippen LogP contribution in [0.15, 0.2) is 48.5 Å². The van der Waals surface area contributed by atoms with Gasteiger partial charge in [-0.25, -0.2) is 4.79 Å². The first kappa shape index (κ1) is 41.6. The lowest BCUT2D eigenvalue weighted by Gasteiger charge is -2.40. The zero-order chi connectivity index (χ0) is 38.8. The van der Waals surface area contributed by atoms with Crippen LogP contribution in [0.5, 0.6) is 17.2 Å². The number of unbranched alkanes of at least 4 members (excludes halogenated alkanes) is 5. The Morgan fingerprint density at radius 3 is 2.34 bits per heavy atom. The molecule has 13 heteroatoms. The molecule has 2 aliphatic rings. The number of aromatic hydroxyl groups is 2. The quantitative estimate of drug-likeness (QED) is 0.0577. The van der Waals surface area contributed by atoms with Gasteiger partial charge in [0.2, 0.25) is 5.91 Å². The van der Waals surface area contributed by atoms with Crippen LogP contribution in [-0.4, -0.2) is 87.7 Å². The van der Waals surface area contributed by atoms with Crippen molar-refractivity contribution in [2.75, 3.05) is 18.5 Å². The summed E-state index contributed by atoms with van der Waals surface area (Å²) >= 11 is 0. The van der Waals surface area contributed by atoms with Gasteiger partial charge in [0.05, 0.1) is 24.9 Å². The molecular weight excluding hydrogens is 684 g/mol. The number of ether oxygens (including phenoxy) is 5. The van der Waals surface area contributed by atoms with Gasteiger partial charge in [-0.15, -0.1) is 0 Å². The number of nitrogens with one attached hydrogen (secondary N) is 2. The van der Waals surface area contributed by atoms with Gasteiger partial charge in [-0.1, -0.05) is 45.1 Å². The summed E-state index contributed by atoms with van der Waals surface area (Å²) in [5.41, 5.74) is -1.85. The molecule has 2 aromatic carbocycles. The number of esters is 1.